The molecule has 1 fully saturated rings. The Morgan fingerprint density at radius 3 is 2.68 bits per heavy atom. The van der Waals surface area contributed by atoms with Crippen LogP contribution in [0.15, 0.2) is 18.2 Å². The van der Waals surface area contributed by atoms with Crippen molar-refractivity contribution in [2.75, 3.05) is 33.3 Å². The van der Waals surface area contributed by atoms with E-state index in [9.17, 15) is 9.18 Å². The highest BCUT2D eigenvalue weighted by atomic mass is 35.5. The summed E-state index contributed by atoms with van der Waals surface area (Å²) < 4.78 is 18.4. The zero-order chi connectivity index (χ0) is 13.8. The fourth-order valence-corrected chi connectivity index (χ4v) is 2.32. The van der Waals surface area contributed by atoms with Gasteiger partial charge in [-0.25, -0.2) is 9.18 Å². The number of hydrogen-bond acceptors (Lipinski definition) is 3. The maximum atomic E-state index is 13.8. The smallest absolute Gasteiger partial charge is 0.409 e. The number of benzene rings is 1. The van der Waals surface area contributed by atoms with Crippen LogP contribution in [0.25, 0.3) is 0 Å². The Bertz CT molecular complexity index is 462. The van der Waals surface area contributed by atoms with E-state index >= 15 is 0 Å². The third-order valence-electron chi connectivity index (χ3n) is 3.23. The van der Waals surface area contributed by atoms with Gasteiger partial charge in [0, 0.05) is 38.3 Å². The van der Waals surface area contributed by atoms with E-state index in [1.807, 2.05) is 0 Å². The van der Waals surface area contributed by atoms with E-state index in [1.165, 1.54) is 13.2 Å². The lowest BCUT2D eigenvalue weighted by Gasteiger charge is -2.33. The lowest BCUT2D eigenvalue weighted by atomic mass is 10.2. The van der Waals surface area contributed by atoms with Gasteiger partial charge in [0.1, 0.15) is 5.82 Å². The Balaban J connectivity index is 1.92. The molecule has 0 aromatic heterocycles. The second kappa shape index (κ2) is 6.21. The van der Waals surface area contributed by atoms with Crippen molar-refractivity contribution >= 4 is 17.7 Å². The van der Waals surface area contributed by atoms with Gasteiger partial charge in [0.25, 0.3) is 0 Å². The van der Waals surface area contributed by atoms with Crippen molar-refractivity contribution in [1.29, 1.82) is 0 Å². The summed E-state index contributed by atoms with van der Waals surface area (Å²) in [6, 6.07) is 5.01. The van der Waals surface area contributed by atoms with Gasteiger partial charge in [-0.1, -0.05) is 23.7 Å². The number of rotatable bonds is 2. The van der Waals surface area contributed by atoms with Crippen molar-refractivity contribution in [2.45, 2.75) is 6.54 Å². The molecule has 0 N–H and O–H groups in total. The van der Waals surface area contributed by atoms with Crippen molar-refractivity contribution in [3.05, 3.63) is 34.6 Å². The third kappa shape index (κ3) is 3.36. The van der Waals surface area contributed by atoms with E-state index in [4.69, 9.17) is 11.6 Å². The van der Waals surface area contributed by atoms with Crippen LogP contribution in [0, 0.1) is 5.82 Å². The first-order valence-corrected chi connectivity index (χ1v) is 6.47. The lowest BCUT2D eigenvalue weighted by molar-refractivity contribution is 0.0885. The minimum atomic E-state index is -0.362. The first-order chi connectivity index (χ1) is 9.11. The van der Waals surface area contributed by atoms with Crippen molar-refractivity contribution in [3.8, 4) is 0 Å². The lowest BCUT2D eigenvalue weighted by Crippen LogP contribution is -2.48. The minimum absolute atomic E-state index is 0.144. The molecule has 1 aliphatic rings. The Labute approximate surface area is 116 Å². The molecule has 0 bridgehead atoms. The molecule has 2 rings (SSSR count). The average Bonchev–Trinajstić information content (AvgIpc) is 2.44. The zero-order valence-electron chi connectivity index (χ0n) is 10.7. The number of carbonyl (C=O) groups is 1. The number of carbonyl (C=O) groups excluding carboxylic acids is 1. The largest absolute Gasteiger partial charge is 0.453 e. The van der Waals surface area contributed by atoms with Crippen LogP contribution >= 0.6 is 11.6 Å². The van der Waals surface area contributed by atoms with E-state index < -0.39 is 0 Å². The van der Waals surface area contributed by atoms with Gasteiger partial charge in [0.2, 0.25) is 0 Å². The molecular formula is C13H16ClFN2O2. The number of ether oxygens (including phenoxy) is 1. The normalized spacial score (nSPS) is 16.5. The van der Waals surface area contributed by atoms with Crippen LogP contribution in [0.4, 0.5) is 9.18 Å². The van der Waals surface area contributed by atoms with E-state index in [-0.39, 0.29) is 16.9 Å². The fraction of sp³-hybridized carbons (Fsp3) is 0.462. The summed E-state index contributed by atoms with van der Waals surface area (Å²) in [6.45, 7) is 3.08. The zero-order valence-corrected chi connectivity index (χ0v) is 11.5. The topological polar surface area (TPSA) is 32.8 Å². The van der Waals surface area contributed by atoms with Crippen molar-refractivity contribution in [2.24, 2.45) is 0 Å². The molecule has 1 saturated heterocycles. The molecule has 0 spiro atoms. The van der Waals surface area contributed by atoms with Crippen molar-refractivity contribution < 1.29 is 13.9 Å². The number of amides is 1. The molecule has 19 heavy (non-hydrogen) atoms. The highest BCUT2D eigenvalue weighted by Crippen LogP contribution is 2.19. The van der Waals surface area contributed by atoms with E-state index in [1.54, 1.807) is 17.0 Å². The molecule has 6 heteroatoms. The summed E-state index contributed by atoms with van der Waals surface area (Å²) in [5.74, 6) is -0.362. The van der Waals surface area contributed by atoms with Crippen molar-refractivity contribution in [3.63, 3.8) is 0 Å². The molecule has 1 heterocycles. The maximum Gasteiger partial charge on any atom is 0.409 e. The van der Waals surface area contributed by atoms with Crippen LogP contribution in [-0.4, -0.2) is 49.2 Å². The molecule has 0 radical (unpaired) electrons. The van der Waals surface area contributed by atoms with Gasteiger partial charge in [-0.05, 0) is 6.07 Å². The number of nitrogens with zero attached hydrogens (tertiary/aromatic N) is 2. The van der Waals surface area contributed by atoms with E-state index in [2.05, 4.69) is 9.64 Å². The summed E-state index contributed by atoms with van der Waals surface area (Å²) in [5, 5.41) is 0.144. The molecule has 1 aliphatic heterocycles. The second-order valence-corrected chi connectivity index (χ2v) is 4.85. The Morgan fingerprint density at radius 2 is 2.05 bits per heavy atom. The number of methoxy groups -OCH3 is 1. The van der Waals surface area contributed by atoms with Crippen LogP contribution in [0.5, 0.6) is 0 Å². The van der Waals surface area contributed by atoms with Gasteiger partial charge in [-0.3, -0.25) is 4.90 Å². The Kier molecular flexibility index (Phi) is 4.61. The molecule has 0 aliphatic carbocycles. The summed E-state index contributed by atoms with van der Waals surface area (Å²) >= 11 is 5.75. The van der Waals surface area contributed by atoms with E-state index in [0.717, 1.165) is 0 Å². The van der Waals surface area contributed by atoms with Crippen LogP contribution in [-0.2, 0) is 11.3 Å². The second-order valence-electron chi connectivity index (χ2n) is 4.45. The van der Waals surface area contributed by atoms with Gasteiger partial charge in [-0.15, -0.1) is 0 Å². The fourth-order valence-electron chi connectivity index (χ4n) is 2.13. The highest BCUT2D eigenvalue weighted by Gasteiger charge is 2.22. The predicted octanol–water partition coefficient (Wildman–Crippen LogP) is 2.36. The molecule has 0 saturated carbocycles. The maximum absolute atomic E-state index is 13.8. The summed E-state index contributed by atoms with van der Waals surface area (Å²) in [5.41, 5.74) is 0.582. The Hall–Kier alpha value is -1.33. The summed E-state index contributed by atoms with van der Waals surface area (Å²) in [7, 11) is 1.37. The minimum Gasteiger partial charge on any atom is -0.453 e. The van der Waals surface area contributed by atoms with Gasteiger partial charge in [-0.2, -0.15) is 0 Å². The third-order valence-corrected chi connectivity index (χ3v) is 3.52. The van der Waals surface area contributed by atoms with Gasteiger partial charge >= 0.3 is 6.09 Å². The Morgan fingerprint density at radius 1 is 1.37 bits per heavy atom. The number of hydrogen-bond donors (Lipinski definition) is 0. The van der Waals surface area contributed by atoms with Crippen LogP contribution in [0.2, 0.25) is 5.02 Å². The average molecular weight is 287 g/mol. The van der Waals surface area contributed by atoms with Crippen LogP contribution in [0.3, 0.4) is 0 Å². The van der Waals surface area contributed by atoms with Crippen LogP contribution in [0.1, 0.15) is 5.56 Å². The molecule has 1 aromatic rings. The van der Waals surface area contributed by atoms with E-state index in [0.29, 0.717) is 38.3 Å². The van der Waals surface area contributed by atoms with Gasteiger partial charge in [0.15, 0.2) is 0 Å². The number of piperazine rings is 1. The quantitative estimate of drug-likeness (QED) is 0.837. The van der Waals surface area contributed by atoms with Gasteiger partial charge in [0.05, 0.1) is 12.1 Å². The molecular weight excluding hydrogens is 271 g/mol. The SMILES string of the molecule is COC(=O)N1CCN(Cc2cccc(Cl)c2F)CC1. The predicted molar refractivity (Wildman–Crippen MR) is 70.7 cm³/mol. The molecule has 0 unspecified atom stereocenters. The molecule has 4 nitrogen and oxygen atoms in total. The van der Waals surface area contributed by atoms with Crippen molar-refractivity contribution in [1.82, 2.24) is 9.80 Å². The van der Waals surface area contributed by atoms with Gasteiger partial charge < -0.3 is 9.64 Å². The summed E-state index contributed by atoms with van der Waals surface area (Å²) in [4.78, 5) is 15.1. The van der Waals surface area contributed by atoms with Crippen LogP contribution < -0.4 is 0 Å². The highest BCUT2D eigenvalue weighted by molar-refractivity contribution is 6.30. The number of halogens is 2. The molecule has 1 aromatic carbocycles. The summed E-state index contributed by atoms with van der Waals surface area (Å²) in [6.07, 6.45) is -0.311. The monoisotopic (exact) mass is 286 g/mol. The first-order valence-electron chi connectivity index (χ1n) is 6.10. The molecule has 104 valence electrons. The molecule has 0 atom stereocenters. The molecule has 1 amide bonds. The standard InChI is InChI=1S/C13H16ClFN2O2/c1-19-13(18)17-7-5-16(6-8-17)9-10-3-2-4-11(14)12(10)15/h2-4H,5-9H2,1H3. The first kappa shape index (κ1) is 14.1.